The molecule has 1 aliphatic carbocycles. The van der Waals surface area contributed by atoms with E-state index in [4.69, 9.17) is 38.0 Å². The second-order valence-corrected chi connectivity index (χ2v) is 19.8. The van der Waals surface area contributed by atoms with E-state index in [1.165, 1.54) is 12.3 Å². The highest BCUT2D eigenvalue weighted by molar-refractivity contribution is 7.80. The lowest BCUT2D eigenvalue weighted by Gasteiger charge is -2.22. The summed E-state index contributed by atoms with van der Waals surface area (Å²) in [7, 11) is -1.24. The first-order valence-corrected chi connectivity index (χ1v) is 18.9. The van der Waals surface area contributed by atoms with Gasteiger partial charge in [0.2, 0.25) is 0 Å². The van der Waals surface area contributed by atoms with Crippen LogP contribution in [-0.4, -0.2) is 54.1 Å². The van der Waals surface area contributed by atoms with Crippen LogP contribution in [0.5, 0.6) is 11.5 Å². The van der Waals surface area contributed by atoms with Gasteiger partial charge in [-0.05, 0) is 57.9 Å². The van der Waals surface area contributed by atoms with Crippen molar-refractivity contribution >= 4 is 59.8 Å². The summed E-state index contributed by atoms with van der Waals surface area (Å²) >= 11 is 11.8. The number of anilines is 1. The molecule has 0 unspecified atom stereocenters. The number of alkyl carbamates (subject to hydrolysis) is 1. The summed E-state index contributed by atoms with van der Waals surface area (Å²) in [5.74, 6) is -2.27. The molecule has 1 amide bonds. The van der Waals surface area contributed by atoms with Gasteiger partial charge in [0.1, 0.15) is 23.7 Å². The Bertz CT molecular complexity index is 1500. The van der Waals surface area contributed by atoms with E-state index >= 15 is 8.78 Å². The Morgan fingerprint density at radius 1 is 1.16 bits per heavy atom. The Morgan fingerprint density at radius 2 is 1.82 bits per heavy atom. The number of carbonyl (C=O) groups is 1. The summed E-state index contributed by atoms with van der Waals surface area (Å²) in [4.78, 5) is 16.4. The third kappa shape index (κ3) is 9.50. The summed E-state index contributed by atoms with van der Waals surface area (Å²) in [6, 6.07) is 4.71. The molecule has 1 saturated carbocycles. The highest BCUT2D eigenvalue weighted by atomic mass is 35.5. The monoisotopic (exact) mass is 667 g/mol. The molecule has 1 aliphatic rings. The molecule has 44 heavy (non-hydrogen) atoms. The molecule has 0 radical (unpaired) electrons. The van der Waals surface area contributed by atoms with Crippen LogP contribution in [0.1, 0.15) is 33.6 Å². The molecule has 0 aliphatic heterocycles. The van der Waals surface area contributed by atoms with Gasteiger partial charge in [0.15, 0.2) is 22.5 Å². The standard InChI is InChI=1S/C30H40ClF2N5O4SSi/c1-29(2,3)42-28(39)36-17-30(8-9-30)16-35-27(43)37-19-13-21(32)25(22(33)14-19)41-23-7-10-34-26-24(23)20(31)15-38(26)18-40-11-12-44(4,5)6/h7,10,13-15H,8-9,11-12,16-18H2,1-6H3,(H,36,39)(H2,35,37,43). The van der Waals surface area contributed by atoms with E-state index in [0.717, 1.165) is 31.0 Å². The van der Waals surface area contributed by atoms with Crippen LogP contribution in [0.4, 0.5) is 19.3 Å². The van der Waals surface area contributed by atoms with Gasteiger partial charge >= 0.3 is 6.09 Å². The Balaban J connectivity index is 1.36. The highest BCUT2D eigenvalue weighted by Gasteiger charge is 2.43. The number of fused-ring (bicyclic) bond motifs is 1. The van der Waals surface area contributed by atoms with Crippen molar-refractivity contribution in [2.45, 2.75) is 71.6 Å². The molecule has 1 fully saturated rings. The Morgan fingerprint density at radius 3 is 2.43 bits per heavy atom. The van der Waals surface area contributed by atoms with E-state index in [0.29, 0.717) is 35.8 Å². The normalized spacial score (nSPS) is 14.3. The van der Waals surface area contributed by atoms with Gasteiger partial charge in [0.25, 0.3) is 0 Å². The van der Waals surface area contributed by atoms with Crippen LogP contribution < -0.4 is 20.7 Å². The minimum Gasteiger partial charge on any atom is -0.450 e. The predicted octanol–water partition coefficient (Wildman–Crippen LogP) is 7.66. The number of pyridine rings is 1. The number of thiocarbonyl (C=S) groups is 1. The third-order valence-corrected chi connectivity index (χ3v) is 9.19. The maximum absolute atomic E-state index is 15.1. The number of aromatic nitrogens is 2. The van der Waals surface area contributed by atoms with E-state index in [2.05, 4.69) is 40.6 Å². The zero-order valence-corrected chi connectivity index (χ0v) is 28.5. The summed E-state index contributed by atoms with van der Waals surface area (Å²) < 4.78 is 48.8. The van der Waals surface area contributed by atoms with Gasteiger partial charge < -0.3 is 34.7 Å². The predicted molar refractivity (Wildman–Crippen MR) is 175 cm³/mol. The van der Waals surface area contributed by atoms with Gasteiger partial charge in [0.05, 0.1) is 10.4 Å². The SMILES string of the molecule is CC(C)(C)OC(=O)NCC1(CNC(=S)Nc2cc(F)c(Oc3ccnc4c3c(Cl)cn4COCC[Si](C)(C)C)c(F)c2)CC1. The van der Waals surface area contributed by atoms with Crippen molar-refractivity contribution in [3.63, 3.8) is 0 Å². The molecule has 4 rings (SSSR count). The fraction of sp³-hybridized carbons (Fsp3) is 0.500. The van der Waals surface area contributed by atoms with E-state index in [1.54, 1.807) is 31.5 Å². The van der Waals surface area contributed by atoms with Gasteiger partial charge in [-0.25, -0.2) is 18.6 Å². The van der Waals surface area contributed by atoms with Crippen molar-refractivity contribution in [3.8, 4) is 11.5 Å². The minimum atomic E-state index is -1.24. The Kier molecular flexibility index (Phi) is 10.4. The van der Waals surface area contributed by atoms with Gasteiger partial charge in [-0.2, -0.15) is 0 Å². The summed E-state index contributed by atoms with van der Waals surface area (Å²) in [6.45, 7) is 14.0. The number of benzene rings is 1. The molecule has 2 aromatic heterocycles. The number of hydrogen-bond acceptors (Lipinski definition) is 6. The molecule has 0 bridgehead atoms. The van der Waals surface area contributed by atoms with Crippen LogP contribution in [0.25, 0.3) is 11.0 Å². The van der Waals surface area contributed by atoms with Crippen LogP contribution in [-0.2, 0) is 16.2 Å². The van der Waals surface area contributed by atoms with Crippen molar-refractivity contribution in [2.24, 2.45) is 5.41 Å². The van der Waals surface area contributed by atoms with Gasteiger partial charge in [-0.1, -0.05) is 31.2 Å². The average molecular weight is 668 g/mol. The first kappa shape index (κ1) is 33.9. The Hall–Kier alpha value is -3.00. The van der Waals surface area contributed by atoms with Crippen molar-refractivity contribution in [2.75, 3.05) is 25.0 Å². The number of carbonyl (C=O) groups excluding carboxylic acids is 1. The fourth-order valence-corrected chi connectivity index (χ4v) is 5.55. The first-order valence-electron chi connectivity index (χ1n) is 14.4. The molecule has 3 aromatic rings. The molecule has 0 atom stereocenters. The van der Waals surface area contributed by atoms with Crippen molar-refractivity contribution in [1.82, 2.24) is 20.2 Å². The molecule has 9 nitrogen and oxygen atoms in total. The maximum Gasteiger partial charge on any atom is 0.407 e. The van der Waals surface area contributed by atoms with Crippen molar-refractivity contribution < 1.29 is 27.8 Å². The van der Waals surface area contributed by atoms with Crippen molar-refractivity contribution in [1.29, 1.82) is 0 Å². The van der Waals surface area contributed by atoms with Crippen LogP contribution in [0.2, 0.25) is 30.7 Å². The van der Waals surface area contributed by atoms with Crippen LogP contribution in [0.3, 0.4) is 0 Å². The minimum absolute atomic E-state index is 0.112. The topological polar surface area (TPSA) is 98.7 Å². The van der Waals surface area contributed by atoms with E-state index < -0.39 is 37.2 Å². The van der Waals surface area contributed by atoms with Crippen LogP contribution in [0, 0.1) is 17.0 Å². The molecule has 14 heteroatoms. The van der Waals surface area contributed by atoms with Crippen LogP contribution in [0.15, 0.2) is 30.6 Å². The molecule has 3 N–H and O–H groups in total. The van der Waals surface area contributed by atoms with E-state index in [9.17, 15) is 4.79 Å². The number of nitrogens with zero attached hydrogens (tertiary/aromatic N) is 2. The zero-order chi connectivity index (χ0) is 32.3. The maximum atomic E-state index is 15.1. The largest absolute Gasteiger partial charge is 0.450 e. The van der Waals surface area contributed by atoms with Crippen LogP contribution >= 0.6 is 23.8 Å². The smallest absolute Gasteiger partial charge is 0.407 e. The Labute approximate surface area is 268 Å². The number of amides is 1. The van der Waals surface area contributed by atoms with E-state index in [1.807, 2.05) is 0 Å². The lowest BCUT2D eigenvalue weighted by Crippen LogP contribution is -2.41. The third-order valence-electron chi connectivity index (χ3n) is 6.96. The molecule has 240 valence electrons. The second-order valence-electron chi connectivity index (χ2n) is 13.3. The summed E-state index contributed by atoms with van der Waals surface area (Å²) in [6.07, 6.45) is 4.46. The average Bonchev–Trinajstić information content (AvgIpc) is 3.61. The zero-order valence-electron chi connectivity index (χ0n) is 25.9. The first-order chi connectivity index (χ1) is 20.5. The number of halogens is 3. The number of nitrogens with one attached hydrogen (secondary N) is 3. The van der Waals surface area contributed by atoms with Gasteiger partial charge in [0, 0.05) is 63.4 Å². The second kappa shape index (κ2) is 13.6. The lowest BCUT2D eigenvalue weighted by molar-refractivity contribution is 0.0516. The summed E-state index contributed by atoms with van der Waals surface area (Å²) in [5.41, 5.74) is -0.152. The molecule has 1 aromatic carbocycles. The number of ether oxygens (including phenoxy) is 3. The molecular weight excluding hydrogens is 628 g/mol. The fourth-order valence-electron chi connectivity index (χ4n) is 4.31. The number of rotatable bonds is 12. The highest BCUT2D eigenvalue weighted by Crippen LogP contribution is 2.44. The molecule has 0 saturated heterocycles. The van der Waals surface area contributed by atoms with E-state index in [-0.39, 0.29) is 28.7 Å². The van der Waals surface area contributed by atoms with Gasteiger partial charge in [-0.15, -0.1) is 0 Å². The quantitative estimate of drug-likeness (QED) is 0.103. The molecule has 0 spiro atoms. The number of hydrogen-bond donors (Lipinski definition) is 3. The van der Waals surface area contributed by atoms with Crippen molar-refractivity contribution in [3.05, 3.63) is 47.2 Å². The van der Waals surface area contributed by atoms with Gasteiger partial charge in [-0.3, -0.25) is 0 Å². The molecule has 2 heterocycles. The lowest BCUT2D eigenvalue weighted by atomic mass is 10.1. The molecular formula is C30H40ClF2N5O4SSi. The summed E-state index contributed by atoms with van der Waals surface area (Å²) in [5, 5.41) is 9.61.